The van der Waals surface area contributed by atoms with Crippen LogP contribution in [-0.2, 0) is 4.74 Å². The van der Waals surface area contributed by atoms with Gasteiger partial charge in [0.05, 0.1) is 0 Å². The number of ether oxygens (including phenoxy) is 1. The van der Waals surface area contributed by atoms with E-state index in [1.54, 1.807) is 7.11 Å². The molecule has 0 bridgehead atoms. The van der Waals surface area contributed by atoms with Gasteiger partial charge in [-0.05, 0) is 46.1 Å². The Morgan fingerprint density at radius 2 is 2.29 bits per heavy atom. The number of likely N-dealkylation sites (tertiary alicyclic amines) is 1. The van der Waals surface area contributed by atoms with E-state index in [0.29, 0.717) is 5.92 Å². The highest BCUT2D eigenvalue weighted by Crippen LogP contribution is 2.26. The number of rotatable bonds is 3. The van der Waals surface area contributed by atoms with Gasteiger partial charge < -0.3 is 9.64 Å². The van der Waals surface area contributed by atoms with Gasteiger partial charge >= 0.3 is 0 Å². The minimum Gasteiger partial charge on any atom is -0.384 e. The summed E-state index contributed by atoms with van der Waals surface area (Å²) in [5.41, 5.74) is 0. The smallest absolute Gasteiger partial charge is 0.265 e. The van der Waals surface area contributed by atoms with Crippen molar-refractivity contribution in [2.75, 3.05) is 26.8 Å². The Morgan fingerprint density at radius 3 is 2.82 bits per heavy atom. The van der Waals surface area contributed by atoms with Gasteiger partial charge in [-0.25, -0.2) is 0 Å². The lowest BCUT2D eigenvalue weighted by Crippen LogP contribution is -2.39. The third-order valence-corrected chi connectivity index (χ3v) is 4.94. The van der Waals surface area contributed by atoms with Gasteiger partial charge in [-0.2, -0.15) is 0 Å². The van der Waals surface area contributed by atoms with E-state index in [4.69, 9.17) is 4.74 Å². The Labute approximate surface area is 114 Å². The number of hydrogen-bond donors (Lipinski definition) is 0. The Morgan fingerprint density at radius 1 is 1.59 bits per heavy atom. The van der Waals surface area contributed by atoms with Crippen LogP contribution in [0.4, 0.5) is 0 Å². The normalized spacial score (nSPS) is 17.4. The third kappa shape index (κ3) is 3.09. The van der Waals surface area contributed by atoms with Gasteiger partial charge in [0.2, 0.25) is 0 Å². The van der Waals surface area contributed by atoms with Gasteiger partial charge in [-0.3, -0.25) is 4.79 Å². The van der Waals surface area contributed by atoms with Crippen molar-refractivity contribution in [1.82, 2.24) is 4.90 Å². The van der Waals surface area contributed by atoms with Gasteiger partial charge in [0.1, 0.15) is 4.88 Å². The molecule has 0 N–H and O–H groups in total. The predicted molar refractivity (Wildman–Crippen MR) is 72.5 cm³/mol. The minimum atomic E-state index is 0.155. The Kier molecular flexibility index (Phi) is 4.59. The maximum absolute atomic E-state index is 12.2. The molecular formula is C12H16BrNO2S. The van der Waals surface area contributed by atoms with E-state index < -0.39 is 0 Å². The quantitative estimate of drug-likeness (QED) is 0.857. The average Bonchev–Trinajstić information content (AvgIpc) is 2.76. The molecule has 0 aliphatic carbocycles. The van der Waals surface area contributed by atoms with Crippen LogP contribution in [0, 0.1) is 5.92 Å². The lowest BCUT2D eigenvalue weighted by atomic mass is 9.98. The monoisotopic (exact) mass is 317 g/mol. The van der Waals surface area contributed by atoms with Crippen LogP contribution in [0.15, 0.2) is 15.9 Å². The summed E-state index contributed by atoms with van der Waals surface area (Å²) in [5, 5.41) is 1.94. The fourth-order valence-electron chi connectivity index (χ4n) is 2.13. The highest BCUT2D eigenvalue weighted by molar-refractivity contribution is 9.10. The van der Waals surface area contributed by atoms with Gasteiger partial charge in [0, 0.05) is 31.3 Å². The number of nitrogens with zero attached hydrogens (tertiary/aromatic N) is 1. The van der Waals surface area contributed by atoms with Crippen molar-refractivity contribution >= 4 is 33.2 Å². The number of carbonyl (C=O) groups excluding carboxylic acids is 1. The number of methoxy groups -OCH3 is 1. The highest BCUT2D eigenvalue weighted by atomic mass is 79.9. The van der Waals surface area contributed by atoms with E-state index in [1.807, 2.05) is 16.3 Å². The molecule has 0 unspecified atom stereocenters. The van der Waals surface area contributed by atoms with Gasteiger partial charge in [-0.15, -0.1) is 11.3 Å². The molecule has 0 aromatic carbocycles. The molecule has 2 rings (SSSR count). The van der Waals surface area contributed by atoms with Gasteiger partial charge in [0.15, 0.2) is 0 Å². The third-order valence-electron chi connectivity index (χ3n) is 3.12. The van der Waals surface area contributed by atoms with Crippen LogP contribution in [0.25, 0.3) is 0 Å². The first-order valence-electron chi connectivity index (χ1n) is 5.73. The van der Waals surface area contributed by atoms with Crippen LogP contribution in [0.3, 0.4) is 0 Å². The molecule has 1 aromatic rings. The molecule has 1 aliphatic heterocycles. The molecule has 3 nitrogen and oxygen atoms in total. The second-order valence-corrected chi connectivity index (χ2v) is 6.06. The van der Waals surface area contributed by atoms with Crippen molar-refractivity contribution < 1.29 is 9.53 Å². The molecular weight excluding hydrogens is 302 g/mol. The number of carbonyl (C=O) groups is 1. The maximum Gasteiger partial charge on any atom is 0.265 e. The number of thiophene rings is 1. The minimum absolute atomic E-state index is 0.155. The summed E-state index contributed by atoms with van der Waals surface area (Å²) in [6, 6.07) is 1.93. The van der Waals surface area contributed by atoms with Gasteiger partial charge in [-0.1, -0.05) is 0 Å². The molecule has 1 aliphatic rings. The summed E-state index contributed by atoms with van der Waals surface area (Å²) in [4.78, 5) is 15.0. The molecule has 1 aromatic heterocycles. The number of halogens is 1. The molecule has 1 amide bonds. The molecule has 17 heavy (non-hydrogen) atoms. The first-order chi connectivity index (χ1) is 8.22. The Hall–Kier alpha value is -0.390. The van der Waals surface area contributed by atoms with Crippen LogP contribution in [0.2, 0.25) is 0 Å². The summed E-state index contributed by atoms with van der Waals surface area (Å²) in [7, 11) is 1.74. The Bertz CT molecular complexity index is 386. The zero-order valence-corrected chi connectivity index (χ0v) is 12.2. The standard InChI is InChI=1S/C12H16BrNO2S/c1-16-8-9-2-5-14(6-3-9)12(15)11-10(13)4-7-17-11/h4,7,9H,2-3,5-6,8H2,1H3. The van der Waals surface area contributed by atoms with Crippen molar-refractivity contribution in [2.24, 2.45) is 5.92 Å². The molecule has 94 valence electrons. The molecule has 0 saturated carbocycles. The molecule has 0 radical (unpaired) electrons. The highest BCUT2D eigenvalue weighted by Gasteiger charge is 2.25. The summed E-state index contributed by atoms with van der Waals surface area (Å²) >= 11 is 4.91. The second kappa shape index (κ2) is 5.98. The first kappa shape index (κ1) is 13.1. The van der Waals surface area contributed by atoms with E-state index in [2.05, 4.69) is 15.9 Å². The predicted octanol–water partition coefficient (Wildman–Crippen LogP) is 3.01. The fourth-order valence-corrected chi connectivity index (χ4v) is 3.64. The van der Waals surface area contributed by atoms with Crippen molar-refractivity contribution in [3.63, 3.8) is 0 Å². The average molecular weight is 318 g/mol. The van der Waals surface area contributed by atoms with Crippen molar-refractivity contribution in [2.45, 2.75) is 12.8 Å². The topological polar surface area (TPSA) is 29.5 Å². The first-order valence-corrected chi connectivity index (χ1v) is 7.41. The van der Waals surface area contributed by atoms with Crippen molar-refractivity contribution in [1.29, 1.82) is 0 Å². The van der Waals surface area contributed by atoms with Crippen LogP contribution >= 0.6 is 27.3 Å². The van der Waals surface area contributed by atoms with Gasteiger partial charge in [0.25, 0.3) is 5.91 Å². The summed E-state index contributed by atoms with van der Waals surface area (Å²) in [5.74, 6) is 0.763. The number of piperidine rings is 1. The number of hydrogen-bond acceptors (Lipinski definition) is 3. The van der Waals surface area contributed by atoms with E-state index in [0.717, 1.165) is 41.9 Å². The van der Waals surface area contributed by atoms with Crippen LogP contribution in [0.5, 0.6) is 0 Å². The zero-order valence-electron chi connectivity index (χ0n) is 9.82. The summed E-state index contributed by atoms with van der Waals surface area (Å²) < 4.78 is 6.07. The van der Waals surface area contributed by atoms with Crippen molar-refractivity contribution in [3.05, 3.63) is 20.8 Å². The zero-order chi connectivity index (χ0) is 12.3. The van der Waals surface area contributed by atoms with E-state index in [1.165, 1.54) is 11.3 Å². The second-order valence-electron chi connectivity index (χ2n) is 4.29. The number of amides is 1. The summed E-state index contributed by atoms with van der Waals surface area (Å²) in [6.07, 6.45) is 2.09. The maximum atomic E-state index is 12.2. The molecule has 0 spiro atoms. The van der Waals surface area contributed by atoms with E-state index in [-0.39, 0.29) is 5.91 Å². The Balaban J connectivity index is 1.93. The van der Waals surface area contributed by atoms with Crippen LogP contribution in [0.1, 0.15) is 22.5 Å². The molecule has 5 heteroatoms. The molecule has 0 atom stereocenters. The fraction of sp³-hybridized carbons (Fsp3) is 0.583. The molecule has 1 saturated heterocycles. The van der Waals surface area contributed by atoms with Crippen LogP contribution in [-0.4, -0.2) is 37.6 Å². The molecule has 2 heterocycles. The lowest BCUT2D eigenvalue weighted by Gasteiger charge is -2.31. The van der Waals surface area contributed by atoms with Crippen LogP contribution < -0.4 is 0 Å². The van der Waals surface area contributed by atoms with E-state index in [9.17, 15) is 4.79 Å². The lowest BCUT2D eigenvalue weighted by molar-refractivity contribution is 0.0617. The SMILES string of the molecule is COCC1CCN(C(=O)c2sccc2Br)CC1. The summed E-state index contributed by atoms with van der Waals surface area (Å²) in [6.45, 7) is 2.50. The van der Waals surface area contributed by atoms with E-state index >= 15 is 0 Å². The van der Waals surface area contributed by atoms with Crippen molar-refractivity contribution in [3.8, 4) is 0 Å². The largest absolute Gasteiger partial charge is 0.384 e. The molecule has 1 fully saturated rings.